The lowest BCUT2D eigenvalue weighted by Gasteiger charge is -2.28. The number of aromatic nitrogens is 2. The van der Waals surface area contributed by atoms with Gasteiger partial charge in [-0.15, -0.1) is 0 Å². The number of nitrogens with zero attached hydrogens (tertiary/aromatic N) is 3. The van der Waals surface area contributed by atoms with Gasteiger partial charge >= 0.3 is 0 Å². The Kier molecular flexibility index (Phi) is 4.71. The summed E-state index contributed by atoms with van der Waals surface area (Å²) in [6, 6.07) is 12.7. The summed E-state index contributed by atoms with van der Waals surface area (Å²) in [5.41, 5.74) is 2.03. The van der Waals surface area contributed by atoms with E-state index in [4.69, 9.17) is 11.6 Å². The van der Waals surface area contributed by atoms with Crippen LogP contribution in [-0.2, 0) is 0 Å². The standard InChI is InChI=1S/C20H19ClN4O/c21-17-7-3-2-6-15(17)20(26)24-14-8-9-18-16(12-14)19(23-13-22-18)25-10-4-1-5-11-25/h2-3,6-9,12-13H,1,4-5,10-11H2,(H,24,26). The molecule has 1 saturated heterocycles. The predicted octanol–water partition coefficient (Wildman–Crippen LogP) is 4.53. The highest BCUT2D eigenvalue weighted by molar-refractivity contribution is 6.34. The number of hydrogen-bond acceptors (Lipinski definition) is 4. The molecule has 1 aromatic heterocycles. The second-order valence-electron chi connectivity index (χ2n) is 6.41. The molecule has 1 amide bonds. The second kappa shape index (κ2) is 7.30. The summed E-state index contributed by atoms with van der Waals surface area (Å²) >= 11 is 6.12. The zero-order valence-electron chi connectivity index (χ0n) is 14.3. The second-order valence-corrected chi connectivity index (χ2v) is 6.82. The highest BCUT2D eigenvalue weighted by Gasteiger charge is 2.16. The first-order chi connectivity index (χ1) is 12.7. The third kappa shape index (κ3) is 3.35. The topological polar surface area (TPSA) is 58.1 Å². The average Bonchev–Trinajstić information content (AvgIpc) is 2.68. The van der Waals surface area contributed by atoms with Crippen molar-refractivity contribution in [1.29, 1.82) is 0 Å². The van der Waals surface area contributed by atoms with Crippen LogP contribution in [0.1, 0.15) is 29.6 Å². The van der Waals surface area contributed by atoms with Crippen LogP contribution in [0, 0.1) is 0 Å². The van der Waals surface area contributed by atoms with Gasteiger partial charge in [-0.3, -0.25) is 4.79 Å². The van der Waals surface area contributed by atoms with Crippen LogP contribution < -0.4 is 10.2 Å². The number of piperidine rings is 1. The first-order valence-corrected chi connectivity index (χ1v) is 9.16. The van der Waals surface area contributed by atoms with Crippen LogP contribution in [0.5, 0.6) is 0 Å². The Balaban J connectivity index is 1.66. The molecule has 132 valence electrons. The summed E-state index contributed by atoms with van der Waals surface area (Å²) in [5.74, 6) is 0.704. The van der Waals surface area contributed by atoms with E-state index < -0.39 is 0 Å². The van der Waals surface area contributed by atoms with Gasteiger partial charge in [0.25, 0.3) is 5.91 Å². The minimum absolute atomic E-state index is 0.230. The van der Waals surface area contributed by atoms with Crippen molar-refractivity contribution in [3.8, 4) is 0 Å². The van der Waals surface area contributed by atoms with Crippen molar-refractivity contribution < 1.29 is 4.79 Å². The van der Waals surface area contributed by atoms with Crippen molar-refractivity contribution in [3.63, 3.8) is 0 Å². The van der Waals surface area contributed by atoms with E-state index in [-0.39, 0.29) is 5.91 Å². The maximum atomic E-state index is 12.5. The van der Waals surface area contributed by atoms with Crippen molar-refractivity contribution in [2.24, 2.45) is 0 Å². The van der Waals surface area contributed by atoms with E-state index in [1.807, 2.05) is 18.2 Å². The maximum Gasteiger partial charge on any atom is 0.257 e. The average molecular weight is 367 g/mol. The molecule has 0 aliphatic carbocycles. The van der Waals surface area contributed by atoms with Crippen LogP contribution >= 0.6 is 11.6 Å². The summed E-state index contributed by atoms with van der Waals surface area (Å²) < 4.78 is 0. The summed E-state index contributed by atoms with van der Waals surface area (Å²) in [6.07, 6.45) is 5.22. The molecule has 1 N–H and O–H groups in total. The van der Waals surface area contributed by atoms with E-state index in [2.05, 4.69) is 20.2 Å². The van der Waals surface area contributed by atoms with Crippen LogP contribution in [0.4, 0.5) is 11.5 Å². The smallest absolute Gasteiger partial charge is 0.257 e. The number of benzene rings is 2. The first kappa shape index (κ1) is 16.8. The minimum atomic E-state index is -0.230. The van der Waals surface area contributed by atoms with E-state index >= 15 is 0 Å². The van der Waals surface area contributed by atoms with Gasteiger partial charge in [-0.25, -0.2) is 9.97 Å². The third-order valence-electron chi connectivity index (χ3n) is 4.65. The van der Waals surface area contributed by atoms with Crippen LogP contribution in [0.2, 0.25) is 5.02 Å². The summed E-state index contributed by atoms with van der Waals surface area (Å²) in [6.45, 7) is 2.00. The Bertz CT molecular complexity index is 953. The molecule has 0 saturated carbocycles. The van der Waals surface area contributed by atoms with Crippen LogP contribution in [0.15, 0.2) is 48.8 Å². The quantitative estimate of drug-likeness (QED) is 0.740. The number of amides is 1. The molecule has 3 aromatic rings. The summed E-state index contributed by atoms with van der Waals surface area (Å²) in [7, 11) is 0. The van der Waals surface area contributed by atoms with Crippen molar-refractivity contribution in [2.75, 3.05) is 23.3 Å². The monoisotopic (exact) mass is 366 g/mol. The van der Waals surface area contributed by atoms with Crippen molar-refractivity contribution in [2.45, 2.75) is 19.3 Å². The highest BCUT2D eigenvalue weighted by atomic mass is 35.5. The molecular formula is C20H19ClN4O. The Morgan fingerprint density at radius 1 is 1.04 bits per heavy atom. The normalized spacial score (nSPS) is 14.4. The largest absolute Gasteiger partial charge is 0.356 e. The molecule has 2 heterocycles. The van der Waals surface area contributed by atoms with Gasteiger partial charge in [0.2, 0.25) is 0 Å². The molecule has 1 aliphatic rings. The summed E-state index contributed by atoms with van der Waals surface area (Å²) in [4.78, 5) is 23.7. The molecule has 0 radical (unpaired) electrons. The number of carbonyl (C=O) groups is 1. The molecule has 6 heteroatoms. The Morgan fingerprint density at radius 2 is 1.85 bits per heavy atom. The van der Waals surface area contributed by atoms with Crippen LogP contribution in [0.25, 0.3) is 10.9 Å². The highest BCUT2D eigenvalue weighted by Crippen LogP contribution is 2.28. The minimum Gasteiger partial charge on any atom is -0.356 e. The molecule has 1 aliphatic heterocycles. The fourth-order valence-electron chi connectivity index (χ4n) is 3.32. The lowest BCUT2D eigenvalue weighted by molar-refractivity contribution is 0.102. The number of hydrogen-bond donors (Lipinski definition) is 1. The Labute approximate surface area is 157 Å². The van der Waals surface area contributed by atoms with Crippen LogP contribution in [0.3, 0.4) is 0 Å². The zero-order chi connectivity index (χ0) is 17.9. The van der Waals surface area contributed by atoms with E-state index in [0.29, 0.717) is 16.3 Å². The van der Waals surface area contributed by atoms with E-state index in [1.54, 1.807) is 30.6 Å². The van der Waals surface area contributed by atoms with Crippen molar-refractivity contribution in [3.05, 3.63) is 59.4 Å². The van der Waals surface area contributed by atoms with Gasteiger partial charge in [0.15, 0.2) is 0 Å². The van der Waals surface area contributed by atoms with E-state index in [1.165, 1.54) is 19.3 Å². The summed E-state index contributed by atoms with van der Waals surface area (Å²) in [5, 5.41) is 4.31. The molecule has 0 bridgehead atoms. The molecule has 5 nitrogen and oxygen atoms in total. The first-order valence-electron chi connectivity index (χ1n) is 8.78. The lowest BCUT2D eigenvalue weighted by Crippen LogP contribution is -2.30. The fraction of sp³-hybridized carbons (Fsp3) is 0.250. The molecule has 0 unspecified atom stereocenters. The van der Waals surface area contributed by atoms with Crippen LogP contribution in [-0.4, -0.2) is 29.0 Å². The lowest BCUT2D eigenvalue weighted by atomic mass is 10.1. The van der Waals surface area contributed by atoms with Crippen molar-refractivity contribution in [1.82, 2.24) is 9.97 Å². The fourth-order valence-corrected chi connectivity index (χ4v) is 3.54. The number of fused-ring (bicyclic) bond motifs is 1. The predicted molar refractivity (Wildman–Crippen MR) is 105 cm³/mol. The van der Waals surface area contributed by atoms with E-state index in [0.717, 1.165) is 29.8 Å². The van der Waals surface area contributed by atoms with Gasteiger partial charge in [-0.2, -0.15) is 0 Å². The molecular weight excluding hydrogens is 348 g/mol. The van der Waals surface area contributed by atoms with Gasteiger partial charge in [0.05, 0.1) is 16.1 Å². The zero-order valence-corrected chi connectivity index (χ0v) is 15.0. The number of anilines is 2. The maximum absolute atomic E-state index is 12.5. The molecule has 0 spiro atoms. The van der Waals surface area contributed by atoms with Gasteiger partial charge in [0.1, 0.15) is 12.1 Å². The molecule has 26 heavy (non-hydrogen) atoms. The molecule has 2 aromatic carbocycles. The SMILES string of the molecule is O=C(Nc1ccc2ncnc(N3CCCCC3)c2c1)c1ccccc1Cl. The third-order valence-corrected chi connectivity index (χ3v) is 4.98. The van der Waals surface area contributed by atoms with Gasteiger partial charge in [0, 0.05) is 24.2 Å². The molecule has 1 fully saturated rings. The number of nitrogens with one attached hydrogen (secondary N) is 1. The number of rotatable bonds is 3. The molecule has 0 atom stereocenters. The Morgan fingerprint density at radius 3 is 2.65 bits per heavy atom. The number of halogens is 1. The van der Waals surface area contributed by atoms with Gasteiger partial charge < -0.3 is 10.2 Å². The van der Waals surface area contributed by atoms with Gasteiger partial charge in [-0.05, 0) is 49.6 Å². The Hall–Kier alpha value is -2.66. The van der Waals surface area contributed by atoms with Crippen molar-refractivity contribution >= 4 is 39.9 Å². The van der Waals surface area contributed by atoms with Gasteiger partial charge in [-0.1, -0.05) is 23.7 Å². The number of carbonyl (C=O) groups excluding carboxylic acids is 1. The molecule has 4 rings (SSSR count). The van der Waals surface area contributed by atoms with E-state index in [9.17, 15) is 4.79 Å².